The van der Waals surface area contributed by atoms with Gasteiger partial charge < -0.3 is 14.4 Å². The zero-order chi connectivity index (χ0) is 20.6. The van der Waals surface area contributed by atoms with Gasteiger partial charge in [0.1, 0.15) is 12.4 Å². The lowest BCUT2D eigenvalue weighted by Gasteiger charge is -2.11. The number of benzene rings is 2. The van der Waals surface area contributed by atoms with Crippen molar-refractivity contribution in [2.24, 2.45) is 0 Å². The minimum Gasteiger partial charge on any atom is -0.473 e. The number of ether oxygens (including phenoxy) is 2. The molecule has 0 saturated carbocycles. The van der Waals surface area contributed by atoms with Crippen molar-refractivity contribution in [1.29, 1.82) is 0 Å². The lowest BCUT2D eigenvalue weighted by molar-refractivity contribution is 0.0875. The second-order valence-electron chi connectivity index (χ2n) is 6.53. The predicted molar refractivity (Wildman–Crippen MR) is 114 cm³/mol. The summed E-state index contributed by atoms with van der Waals surface area (Å²) in [5.74, 6) is 5.98. The molecule has 0 aliphatic heterocycles. The van der Waals surface area contributed by atoms with Crippen molar-refractivity contribution in [2.45, 2.75) is 0 Å². The summed E-state index contributed by atoms with van der Waals surface area (Å²) in [5, 5.41) is 0. The second-order valence-corrected chi connectivity index (χ2v) is 7.45. The average molecular weight is 458 g/mol. The van der Waals surface area contributed by atoms with Crippen LogP contribution in [0.3, 0.4) is 0 Å². The maximum Gasteiger partial charge on any atom is 0.249 e. The van der Waals surface area contributed by atoms with Crippen LogP contribution in [0.4, 0.5) is 4.39 Å². The third-order valence-electron chi connectivity index (χ3n) is 3.91. The molecule has 29 heavy (non-hydrogen) atoms. The molecule has 0 spiro atoms. The maximum atomic E-state index is 13.6. The first-order valence-electron chi connectivity index (χ1n) is 9.11. The molecule has 0 radical (unpaired) electrons. The summed E-state index contributed by atoms with van der Waals surface area (Å²) in [5.41, 5.74) is 2.16. The number of hydrogen-bond acceptors (Lipinski definition) is 5. The first-order valence-corrected chi connectivity index (χ1v) is 9.91. The van der Waals surface area contributed by atoms with E-state index in [1.807, 2.05) is 43.3 Å². The number of nitrogens with zero attached hydrogens (tertiary/aromatic N) is 3. The molecule has 1 aromatic heterocycles. The fourth-order valence-electron chi connectivity index (χ4n) is 2.40. The van der Waals surface area contributed by atoms with Crippen molar-refractivity contribution < 1.29 is 13.9 Å². The van der Waals surface area contributed by atoms with Gasteiger partial charge in [-0.05, 0) is 56.4 Å². The van der Waals surface area contributed by atoms with E-state index in [1.165, 1.54) is 12.1 Å². The first-order chi connectivity index (χ1) is 14.0. The molecule has 3 aromatic rings. The largest absolute Gasteiger partial charge is 0.473 e. The molecule has 0 N–H and O–H groups in total. The van der Waals surface area contributed by atoms with Gasteiger partial charge in [0.15, 0.2) is 5.69 Å². The van der Waals surface area contributed by atoms with Crippen molar-refractivity contribution >= 4 is 27.0 Å². The molecule has 2 aromatic carbocycles. The molecule has 0 aliphatic rings. The smallest absolute Gasteiger partial charge is 0.249 e. The summed E-state index contributed by atoms with van der Waals surface area (Å²) in [7, 11) is 3.98. The third-order valence-corrected chi connectivity index (χ3v) is 4.44. The van der Waals surface area contributed by atoms with E-state index >= 15 is 0 Å². The molecule has 0 saturated heterocycles. The van der Waals surface area contributed by atoms with E-state index in [-0.39, 0.29) is 5.82 Å². The van der Waals surface area contributed by atoms with Crippen molar-refractivity contribution in [3.8, 4) is 17.7 Å². The van der Waals surface area contributed by atoms with Crippen LogP contribution in [0.2, 0.25) is 0 Å². The van der Waals surface area contributed by atoms with Crippen LogP contribution in [0.15, 0.2) is 46.9 Å². The normalized spacial score (nSPS) is 10.8. The fourth-order valence-corrected chi connectivity index (χ4v) is 2.67. The third kappa shape index (κ3) is 6.50. The summed E-state index contributed by atoms with van der Waals surface area (Å²) in [6, 6.07) is 11.9. The zero-order valence-electron chi connectivity index (χ0n) is 16.3. The average Bonchev–Trinajstić information content (AvgIpc) is 2.70. The Morgan fingerprint density at radius 2 is 1.76 bits per heavy atom. The lowest BCUT2D eigenvalue weighted by Crippen LogP contribution is -2.19. The van der Waals surface area contributed by atoms with Gasteiger partial charge in [0.25, 0.3) is 0 Å². The van der Waals surface area contributed by atoms with Crippen molar-refractivity contribution in [3.05, 3.63) is 64.0 Å². The number of hydrogen-bond donors (Lipinski definition) is 0. The molecular formula is C22H21BrFN3O2. The Kier molecular flexibility index (Phi) is 7.53. The molecule has 1 heterocycles. The van der Waals surface area contributed by atoms with Crippen LogP contribution in [-0.4, -0.2) is 55.3 Å². The van der Waals surface area contributed by atoms with Crippen LogP contribution >= 0.6 is 15.9 Å². The topological polar surface area (TPSA) is 47.5 Å². The van der Waals surface area contributed by atoms with Gasteiger partial charge in [0, 0.05) is 22.6 Å². The Bertz CT molecular complexity index is 1030. The van der Waals surface area contributed by atoms with Crippen molar-refractivity contribution in [3.63, 3.8) is 0 Å². The Morgan fingerprint density at radius 3 is 2.52 bits per heavy atom. The molecule has 7 heteroatoms. The molecule has 0 amide bonds. The SMILES string of the molecule is CN(C)CCOCCOc1nc2ccc(F)cc2nc1C#Cc1ccc(Br)cc1. The Hall–Kier alpha value is -2.53. The number of likely N-dealkylation sites (N-methyl/N-ethyl adjacent to an activating group) is 1. The van der Waals surface area contributed by atoms with E-state index in [2.05, 4.69) is 37.7 Å². The van der Waals surface area contributed by atoms with Crippen LogP contribution in [0.25, 0.3) is 11.0 Å². The fraction of sp³-hybridized carbons (Fsp3) is 0.273. The molecule has 0 unspecified atom stereocenters. The lowest BCUT2D eigenvalue weighted by atomic mass is 10.2. The van der Waals surface area contributed by atoms with E-state index < -0.39 is 0 Å². The number of fused-ring (bicyclic) bond motifs is 1. The van der Waals surface area contributed by atoms with E-state index in [1.54, 1.807) is 6.07 Å². The molecule has 3 rings (SSSR count). The van der Waals surface area contributed by atoms with E-state index in [4.69, 9.17) is 9.47 Å². The minimum atomic E-state index is -0.374. The summed E-state index contributed by atoms with van der Waals surface area (Å²) in [6.07, 6.45) is 0. The van der Waals surface area contributed by atoms with Crippen LogP contribution < -0.4 is 4.74 Å². The summed E-state index contributed by atoms with van der Waals surface area (Å²) in [6.45, 7) is 2.21. The van der Waals surface area contributed by atoms with Gasteiger partial charge >= 0.3 is 0 Å². The van der Waals surface area contributed by atoms with Gasteiger partial charge in [-0.15, -0.1) is 0 Å². The molecule has 0 fully saturated rings. The molecule has 0 atom stereocenters. The van der Waals surface area contributed by atoms with Crippen molar-refractivity contribution in [2.75, 3.05) is 40.5 Å². The summed E-state index contributed by atoms with van der Waals surface area (Å²) >= 11 is 3.40. The maximum absolute atomic E-state index is 13.6. The highest BCUT2D eigenvalue weighted by Crippen LogP contribution is 2.19. The first kappa shape index (κ1) is 21.2. The Balaban J connectivity index is 1.79. The molecular weight excluding hydrogens is 437 g/mol. The molecule has 150 valence electrons. The van der Waals surface area contributed by atoms with Gasteiger partial charge in [-0.3, -0.25) is 0 Å². The quantitative estimate of drug-likeness (QED) is 0.397. The van der Waals surface area contributed by atoms with Crippen LogP contribution in [0.1, 0.15) is 11.3 Å². The highest BCUT2D eigenvalue weighted by atomic mass is 79.9. The van der Waals surface area contributed by atoms with E-state index in [0.29, 0.717) is 42.4 Å². The van der Waals surface area contributed by atoms with Gasteiger partial charge in [-0.25, -0.2) is 14.4 Å². The van der Waals surface area contributed by atoms with E-state index in [9.17, 15) is 4.39 Å². The minimum absolute atomic E-state index is 0.310. The van der Waals surface area contributed by atoms with Crippen LogP contribution in [0.5, 0.6) is 5.88 Å². The Morgan fingerprint density at radius 1 is 0.966 bits per heavy atom. The van der Waals surface area contributed by atoms with Gasteiger partial charge in [-0.2, -0.15) is 0 Å². The molecule has 0 aliphatic carbocycles. The second kappa shape index (κ2) is 10.3. The highest BCUT2D eigenvalue weighted by Gasteiger charge is 2.09. The van der Waals surface area contributed by atoms with E-state index in [0.717, 1.165) is 16.6 Å². The Labute approximate surface area is 178 Å². The number of rotatable bonds is 7. The summed E-state index contributed by atoms with van der Waals surface area (Å²) in [4.78, 5) is 11.0. The van der Waals surface area contributed by atoms with Gasteiger partial charge in [0.2, 0.25) is 5.88 Å². The number of halogens is 2. The predicted octanol–water partition coefficient (Wildman–Crippen LogP) is 3.89. The molecule has 5 nitrogen and oxygen atoms in total. The zero-order valence-corrected chi connectivity index (χ0v) is 17.9. The highest BCUT2D eigenvalue weighted by molar-refractivity contribution is 9.10. The standard InChI is InChI=1S/C22H21BrFN3O2/c1-27(2)11-12-28-13-14-29-22-20(9-5-16-3-6-17(23)7-4-16)25-21-15-18(24)8-10-19(21)26-22/h3-4,6-8,10,15H,11-14H2,1-2H3. The monoisotopic (exact) mass is 457 g/mol. The van der Waals surface area contributed by atoms with Gasteiger partial charge in [0.05, 0.1) is 24.2 Å². The van der Waals surface area contributed by atoms with Crippen LogP contribution in [0, 0.1) is 17.7 Å². The van der Waals surface area contributed by atoms with Crippen molar-refractivity contribution in [1.82, 2.24) is 14.9 Å². The van der Waals surface area contributed by atoms with Crippen LogP contribution in [-0.2, 0) is 4.74 Å². The number of aromatic nitrogens is 2. The van der Waals surface area contributed by atoms with Gasteiger partial charge in [-0.1, -0.05) is 21.9 Å². The summed E-state index contributed by atoms with van der Waals surface area (Å²) < 4.78 is 25.9. The molecule has 0 bridgehead atoms.